The van der Waals surface area contributed by atoms with E-state index in [1.54, 1.807) is 0 Å². The first-order chi connectivity index (χ1) is 2.00. The molecule has 0 saturated heterocycles. The van der Waals surface area contributed by atoms with Crippen molar-refractivity contribution in [3.8, 4) is 0 Å². The van der Waals surface area contributed by atoms with Crippen LogP contribution in [-0.2, 0) is 38.9 Å². The van der Waals surface area contributed by atoms with Crippen LogP contribution in [0.5, 0.6) is 0 Å². The third kappa shape index (κ3) is 21.8. The van der Waals surface area contributed by atoms with Crippen molar-refractivity contribution in [2.24, 2.45) is 0 Å². The van der Waals surface area contributed by atoms with Crippen LogP contribution in [0.25, 0.3) is 0 Å². The van der Waals surface area contributed by atoms with E-state index in [0.29, 0.717) is 0 Å². The van der Waals surface area contributed by atoms with Crippen LogP contribution in [0.15, 0.2) is 0 Å². The second-order valence-corrected chi connectivity index (χ2v) is 0. The molecule has 0 aromatic carbocycles. The van der Waals surface area contributed by atoms with E-state index < -0.39 is 0 Å². The third-order valence-electron chi connectivity index (χ3n) is 0. The molecule has 0 aliphatic rings. The Morgan fingerprint density at radius 2 is 1.20 bits per heavy atom. The van der Waals surface area contributed by atoms with Crippen molar-refractivity contribution in [2.75, 3.05) is 0 Å². The Bertz CT molecular complexity index is 11.6. The van der Waals surface area contributed by atoms with Gasteiger partial charge in [0, 0.05) is 22.4 Å². The van der Waals surface area contributed by atoms with Gasteiger partial charge in [0.15, 0.2) is 0 Å². The molecule has 0 aliphatic heterocycles. The fourth-order valence-electron chi connectivity index (χ4n) is 0. The minimum absolute atomic E-state index is 0. The summed E-state index contributed by atoms with van der Waals surface area (Å²) >= 11 is 2.40. The molecule has 0 saturated carbocycles. The SMILES string of the molecule is [AlH]=[S].[Au].[S]=[Zn]. The molecule has 0 fully saturated rings. The molecule has 0 N–H and O–H groups in total. The first-order valence-electron chi connectivity index (χ1n) is 0.577. The van der Waals surface area contributed by atoms with Gasteiger partial charge in [0.1, 0.15) is 0 Å². The molecule has 0 atom stereocenters. The van der Waals surface area contributed by atoms with Crippen LogP contribution in [0, 0.1) is 0 Å². The Balaban J connectivity index is -0.0000000133. The first-order valence-corrected chi connectivity index (χ1v) is 7.10. The average Bonchev–Trinajstić information content (AvgIpc) is 1.50. The normalized spacial score (nSPS) is 1.80. The molecule has 0 heterocycles. The quantitative estimate of drug-likeness (QED) is 0.586. The molecule has 0 bridgehead atoms. The minimum atomic E-state index is 0. The van der Waals surface area contributed by atoms with Gasteiger partial charge in [0.2, 0.25) is 0 Å². The molecular formula is HAlAuS2Zn. The predicted molar refractivity (Wildman–Crippen MR) is 22.3 cm³/mol. The Morgan fingerprint density at radius 3 is 1.20 bits per heavy atom. The molecule has 0 rings (SSSR count). The van der Waals surface area contributed by atoms with E-state index in [0.717, 1.165) is 16.6 Å². The standard InChI is InChI=1S/Al.Au.2S.Zn.H. The van der Waals surface area contributed by atoms with E-state index in [4.69, 9.17) is 0 Å². The fourth-order valence-corrected chi connectivity index (χ4v) is 0. The molecule has 0 spiro atoms. The zero-order valence-corrected chi connectivity index (χ0v) is 10.7. The summed E-state index contributed by atoms with van der Waals surface area (Å²) in [6.45, 7) is 0. The molecule has 0 aromatic rings. The molecule has 1 radical (unpaired) electrons. The van der Waals surface area contributed by atoms with Crippen LogP contribution in [-0.4, -0.2) is 14.6 Å². The van der Waals surface area contributed by atoms with Gasteiger partial charge < -0.3 is 0 Å². The summed E-state index contributed by atoms with van der Waals surface area (Å²) in [5.41, 5.74) is 0. The molecule has 29 valence electrons. The molecule has 0 aromatic heterocycles. The molecule has 0 nitrogen and oxygen atoms in total. The Morgan fingerprint density at radius 1 is 1.20 bits per heavy atom. The van der Waals surface area contributed by atoms with E-state index in [2.05, 4.69) is 20.6 Å². The van der Waals surface area contributed by atoms with Crippen molar-refractivity contribution in [1.29, 1.82) is 0 Å². The van der Waals surface area contributed by atoms with Gasteiger partial charge in [-0.05, 0) is 0 Å². The average molecular weight is 354 g/mol. The Labute approximate surface area is 73.1 Å². The van der Waals surface area contributed by atoms with Crippen LogP contribution in [0.1, 0.15) is 0 Å². The van der Waals surface area contributed by atoms with Gasteiger partial charge in [-0.3, -0.25) is 0 Å². The summed E-state index contributed by atoms with van der Waals surface area (Å²) in [6.07, 6.45) is 0. The van der Waals surface area contributed by atoms with E-state index in [1.807, 2.05) is 0 Å². The Kier molecular flexibility index (Phi) is 104. The molecule has 5 heteroatoms. The van der Waals surface area contributed by atoms with Gasteiger partial charge in [-0.25, -0.2) is 0 Å². The van der Waals surface area contributed by atoms with E-state index in [1.165, 1.54) is 14.6 Å². The van der Waals surface area contributed by atoms with Gasteiger partial charge in [0.05, 0.1) is 0 Å². The van der Waals surface area contributed by atoms with Crippen LogP contribution < -0.4 is 0 Å². The van der Waals surface area contributed by atoms with Crippen LogP contribution in [0.4, 0.5) is 0 Å². The van der Waals surface area contributed by atoms with Crippen molar-refractivity contribution < 1.29 is 38.9 Å². The second kappa shape index (κ2) is 33.1. The van der Waals surface area contributed by atoms with Crippen molar-refractivity contribution in [3.05, 3.63) is 0 Å². The maximum absolute atomic E-state index is 4.21. The van der Waals surface area contributed by atoms with Crippen molar-refractivity contribution in [1.82, 2.24) is 0 Å². The van der Waals surface area contributed by atoms with Crippen molar-refractivity contribution in [3.63, 3.8) is 0 Å². The molecule has 0 amide bonds. The van der Waals surface area contributed by atoms with Crippen molar-refractivity contribution >= 4 is 35.3 Å². The zero-order valence-electron chi connectivity index (χ0n) is 2.53. The fraction of sp³-hybridized carbons (Fsp3) is 0. The zero-order chi connectivity index (χ0) is 4.00. The van der Waals surface area contributed by atoms with Gasteiger partial charge in [-0.2, -0.15) is 0 Å². The molecule has 0 aliphatic carbocycles. The van der Waals surface area contributed by atoms with E-state index in [9.17, 15) is 0 Å². The van der Waals surface area contributed by atoms with Gasteiger partial charge >= 0.3 is 51.8 Å². The maximum atomic E-state index is 4.21. The summed E-state index contributed by atoms with van der Waals surface area (Å²) < 4.78 is 0. The topological polar surface area (TPSA) is 0 Å². The van der Waals surface area contributed by atoms with Gasteiger partial charge in [-0.15, -0.1) is 0 Å². The number of hydrogen-bond donors (Lipinski definition) is 0. The van der Waals surface area contributed by atoms with Gasteiger partial charge in [-0.1, -0.05) is 0 Å². The predicted octanol–water partition coefficient (Wildman–Crippen LogP) is 0.643. The molecule has 5 heavy (non-hydrogen) atoms. The number of rotatable bonds is 0. The summed E-state index contributed by atoms with van der Waals surface area (Å²) in [5, 5.41) is 0. The summed E-state index contributed by atoms with van der Waals surface area (Å²) in [4.78, 5) is 0. The molecule has 0 unspecified atom stereocenters. The van der Waals surface area contributed by atoms with Crippen LogP contribution in [0.2, 0.25) is 0 Å². The monoisotopic (exact) mass is 353 g/mol. The summed E-state index contributed by atoms with van der Waals surface area (Å²) in [7, 11) is 8.32. The summed E-state index contributed by atoms with van der Waals surface area (Å²) in [5.74, 6) is 0. The Hall–Kier alpha value is 2.34. The third-order valence-corrected chi connectivity index (χ3v) is 0. The summed E-state index contributed by atoms with van der Waals surface area (Å²) in [6, 6.07) is 0. The van der Waals surface area contributed by atoms with Gasteiger partial charge in [0.25, 0.3) is 0 Å². The van der Waals surface area contributed by atoms with Crippen LogP contribution >= 0.6 is 20.6 Å². The van der Waals surface area contributed by atoms with Crippen LogP contribution in [0.3, 0.4) is 0 Å². The second-order valence-electron chi connectivity index (χ2n) is 0. The molecular weight excluding hydrogens is 353 g/mol. The first kappa shape index (κ1) is 15.7. The number of hydrogen-bond acceptors (Lipinski definition) is 2. The van der Waals surface area contributed by atoms with E-state index in [-0.39, 0.29) is 22.4 Å². The van der Waals surface area contributed by atoms with Crippen molar-refractivity contribution in [2.45, 2.75) is 0 Å². The van der Waals surface area contributed by atoms with E-state index >= 15 is 0 Å².